The topological polar surface area (TPSA) is 124 Å². The van der Waals surface area contributed by atoms with Crippen molar-refractivity contribution in [1.82, 2.24) is 20.5 Å². The molecular formula is C26H33N5O4S. The van der Waals surface area contributed by atoms with Gasteiger partial charge in [-0.1, -0.05) is 45.0 Å². The molecule has 0 spiro atoms. The third-order valence-corrected chi connectivity index (χ3v) is 7.81. The molecule has 1 fully saturated rings. The Morgan fingerprint density at radius 2 is 1.94 bits per heavy atom. The molecule has 192 valence electrons. The molecule has 4 atom stereocenters. The average Bonchev–Trinajstić information content (AvgIpc) is 3.48. The first-order valence-electron chi connectivity index (χ1n) is 12.0. The van der Waals surface area contributed by atoms with Gasteiger partial charge < -0.3 is 20.6 Å². The van der Waals surface area contributed by atoms with E-state index >= 15 is 0 Å². The van der Waals surface area contributed by atoms with E-state index in [9.17, 15) is 19.5 Å². The summed E-state index contributed by atoms with van der Waals surface area (Å²) in [6.07, 6.45) is -0.508. The Balaban J connectivity index is 1.58. The van der Waals surface area contributed by atoms with Crippen molar-refractivity contribution in [3.05, 3.63) is 41.0 Å². The number of rotatable bonds is 5. The highest BCUT2D eigenvalue weighted by Gasteiger charge is 2.49. The predicted molar refractivity (Wildman–Crippen MR) is 138 cm³/mol. The van der Waals surface area contributed by atoms with Gasteiger partial charge in [-0.15, -0.1) is 11.3 Å². The van der Waals surface area contributed by atoms with Crippen LogP contribution in [0.5, 0.6) is 0 Å². The van der Waals surface area contributed by atoms with Gasteiger partial charge in [0.15, 0.2) is 0 Å². The van der Waals surface area contributed by atoms with Crippen molar-refractivity contribution in [1.29, 1.82) is 0 Å². The van der Waals surface area contributed by atoms with Gasteiger partial charge in [0.2, 0.25) is 11.8 Å². The van der Waals surface area contributed by atoms with Gasteiger partial charge >= 0.3 is 0 Å². The number of aliphatic hydroxyl groups is 1. The van der Waals surface area contributed by atoms with Gasteiger partial charge in [0.05, 0.1) is 28.2 Å². The second kappa shape index (κ2) is 9.40. The lowest BCUT2D eigenvalue weighted by atomic mass is 9.85. The molecule has 0 unspecified atom stereocenters. The highest BCUT2D eigenvalue weighted by molar-refractivity contribution is 7.13. The number of hydrogen-bond donors (Lipinski definition) is 3. The number of carbonyl (C=O) groups excluding carboxylic acids is 3. The number of β-amino-alcohol motifs (C(OH)–C–C–N with tert-alkyl or cyclic N) is 1. The fourth-order valence-electron chi connectivity index (χ4n) is 4.78. The van der Waals surface area contributed by atoms with Crippen LogP contribution in [-0.2, 0) is 19.9 Å². The monoisotopic (exact) mass is 511 g/mol. The summed E-state index contributed by atoms with van der Waals surface area (Å²) in [4.78, 5) is 49.7. The summed E-state index contributed by atoms with van der Waals surface area (Å²) in [6.45, 7) is 10.8. The molecule has 2 aromatic rings. The number of aliphatic imine (C=N–C) groups is 1. The number of nitrogens with one attached hydrogen (secondary N) is 2. The smallest absolute Gasteiger partial charge is 0.277 e. The van der Waals surface area contributed by atoms with E-state index in [1.807, 2.05) is 52.0 Å². The van der Waals surface area contributed by atoms with Crippen LogP contribution in [0.15, 0.2) is 34.8 Å². The largest absolute Gasteiger partial charge is 0.391 e. The lowest BCUT2D eigenvalue weighted by molar-refractivity contribution is -0.139. The quantitative estimate of drug-likeness (QED) is 0.566. The van der Waals surface area contributed by atoms with Crippen LogP contribution < -0.4 is 10.6 Å². The molecule has 1 aromatic carbocycles. The SMILES string of the molecule is CC(=O)N[C@H](C(=O)N1C[C@H](O)C[C@H]1C1=NC(=O)[C@](C)(c2ccc(-c3scnc3C)cc2)N1)C(C)(C)C. The highest BCUT2D eigenvalue weighted by Crippen LogP contribution is 2.34. The number of amidine groups is 1. The van der Waals surface area contributed by atoms with Crippen molar-refractivity contribution >= 4 is 34.9 Å². The van der Waals surface area contributed by atoms with Crippen LogP contribution in [0.4, 0.5) is 0 Å². The standard InChI is InChI=1S/C26H33N5O4S/c1-14-20(36-13-27-14)16-7-9-17(10-8-16)26(6)24(35)29-22(30-26)19-11-18(33)12-31(19)23(34)21(25(3,4)5)28-15(2)32/h7-10,13,18-19,21,33H,11-12H2,1-6H3,(H,28,32)(H,29,30,35)/t18-,19+,21-,26+/m1/s1. The van der Waals surface area contributed by atoms with E-state index in [0.717, 1.165) is 21.7 Å². The first-order valence-corrected chi connectivity index (χ1v) is 12.9. The number of carbonyl (C=O) groups is 3. The molecule has 0 aliphatic carbocycles. The first kappa shape index (κ1) is 26.0. The van der Waals surface area contributed by atoms with Crippen LogP contribution in [0.25, 0.3) is 10.4 Å². The molecule has 9 nitrogen and oxygen atoms in total. The van der Waals surface area contributed by atoms with Crippen LogP contribution in [0, 0.1) is 12.3 Å². The maximum absolute atomic E-state index is 13.6. The Kier molecular flexibility index (Phi) is 6.78. The van der Waals surface area contributed by atoms with E-state index < -0.39 is 29.1 Å². The zero-order valence-electron chi connectivity index (χ0n) is 21.5. The number of benzene rings is 1. The molecule has 3 N–H and O–H groups in total. The summed E-state index contributed by atoms with van der Waals surface area (Å²) < 4.78 is 0. The van der Waals surface area contributed by atoms with Crippen molar-refractivity contribution in [2.45, 2.75) is 71.7 Å². The van der Waals surface area contributed by atoms with E-state index in [-0.39, 0.29) is 30.7 Å². The van der Waals surface area contributed by atoms with E-state index in [2.05, 4.69) is 20.6 Å². The van der Waals surface area contributed by atoms with Gasteiger partial charge in [-0.2, -0.15) is 4.99 Å². The predicted octanol–water partition coefficient (Wildman–Crippen LogP) is 2.37. The number of likely N-dealkylation sites (tertiary alicyclic amines) is 1. The number of hydrogen-bond acceptors (Lipinski definition) is 7. The minimum absolute atomic E-state index is 0.101. The highest BCUT2D eigenvalue weighted by atomic mass is 32.1. The normalized spacial score (nSPS) is 24.9. The summed E-state index contributed by atoms with van der Waals surface area (Å²) in [5.41, 5.74) is 2.89. The third-order valence-electron chi connectivity index (χ3n) is 6.84. The van der Waals surface area contributed by atoms with Crippen molar-refractivity contribution in [3.8, 4) is 10.4 Å². The minimum atomic E-state index is -1.10. The Labute approximate surface area is 215 Å². The zero-order chi connectivity index (χ0) is 26.4. The lowest BCUT2D eigenvalue weighted by Crippen LogP contribution is -2.58. The average molecular weight is 512 g/mol. The number of aliphatic hydroxyl groups excluding tert-OH is 1. The molecule has 2 aliphatic heterocycles. The summed E-state index contributed by atoms with van der Waals surface area (Å²) >= 11 is 1.56. The Morgan fingerprint density at radius 1 is 1.28 bits per heavy atom. The molecular weight excluding hydrogens is 478 g/mol. The summed E-state index contributed by atoms with van der Waals surface area (Å²) in [5.74, 6) is -0.628. The van der Waals surface area contributed by atoms with Crippen molar-refractivity contribution in [2.75, 3.05) is 6.54 Å². The maximum atomic E-state index is 13.6. The number of aryl methyl sites for hydroxylation is 1. The summed E-state index contributed by atoms with van der Waals surface area (Å²) in [7, 11) is 0. The molecule has 4 rings (SSSR count). The molecule has 2 aliphatic rings. The summed E-state index contributed by atoms with van der Waals surface area (Å²) in [5, 5.41) is 16.5. The molecule has 0 bridgehead atoms. The molecule has 1 saturated heterocycles. The van der Waals surface area contributed by atoms with E-state index in [0.29, 0.717) is 5.84 Å². The Hall–Kier alpha value is -3.11. The van der Waals surface area contributed by atoms with Gasteiger partial charge in [0.25, 0.3) is 5.91 Å². The number of amides is 3. The van der Waals surface area contributed by atoms with Gasteiger partial charge in [-0.05, 0) is 30.4 Å². The molecule has 0 saturated carbocycles. The van der Waals surface area contributed by atoms with Gasteiger partial charge in [-0.25, -0.2) is 4.98 Å². The van der Waals surface area contributed by atoms with Crippen molar-refractivity contribution in [3.63, 3.8) is 0 Å². The third kappa shape index (κ3) is 4.79. The molecule has 3 heterocycles. The first-order chi connectivity index (χ1) is 16.8. The van der Waals surface area contributed by atoms with Crippen LogP contribution in [0.1, 0.15) is 52.3 Å². The van der Waals surface area contributed by atoms with E-state index in [1.165, 1.54) is 11.8 Å². The van der Waals surface area contributed by atoms with Gasteiger partial charge in [0, 0.05) is 19.9 Å². The van der Waals surface area contributed by atoms with Gasteiger partial charge in [0.1, 0.15) is 17.4 Å². The Bertz CT molecular complexity index is 1220. The van der Waals surface area contributed by atoms with E-state index in [1.54, 1.807) is 23.8 Å². The zero-order valence-corrected chi connectivity index (χ0v) is 22.3. The molecule has 36 heavy (non-hydrogen) atoms. The van der Waals surface area contributed by atoms with Crippen molar-refractivity contribution < 1.29 is 19.5 Å². The van der Waals surface area contributed by atoms with Crippen LogP contribution in [0.3, 0.4) is 0 Å². The fourth-order valence-corrected chi connectivity index (χ4v) is 5.59. The van der Waals surface area contributed by atoms with Crippen LogP contribution in [0.2, 0.25) is 0 Å². The van der Waals surface area contributed by atoms with E-state index in [4.69, 9.17) is 0 Å². The lowest BCUT2D eigenvalue weighted by Gasteiger charge is -2.36. The van der Waals surface area contributed by atoms with Gasteiger partial charge in [-0.3, -0.25) is 14.4 Å². The second-order valence-corrected chi connectivity index (χ2v) is 11.6. The molecule has 1 aromatic heterocycles. The van der Waals surface area contributed by atoms with Crippen LogP contribution in [-0.4, -0.2) is 63.3 Å². The Morgan fingerprint density at radius 3 is 2.50 bits per heavy atom. The number of nitrogens with zero attached hydrogens (tertiary/aromatic N) is 3. The molecule has 3 amide bonds. The fraction of sp³-hybridized carbons (Fsp3) is 0.500. The summed E-state index contributed by atoms with van der Waals surface area (Å²) in [6, 6.07) is 6.34. The molecule has 10 heteroatoms. The van der Waals surface area contributed by atoms with Crippen molar-refractivity contribution in [2.24, 2.45) is 10.4 Å². The number of aromatic nitrogens is 1. The van der Waals surface area contributed by atoms with Crippen LogP contribution >= 0.6 is 11.3 Å². The minimum Gasteiger partial charge on any atom is -0.391 e. The number of thiazole rings is 1. The maximum Gasteiger partial charge on any atom is 0.277 e. The molecule has 0 radical (unpaired) electrons. The second-order valence-electron chi connectivity index (χ2n) is 10.8.